The second-order valence-corrected chi connectivity index (χ2v) is 7.80. The minimum atomic E-state index is -0.495. The highest BCUT2D eigenvalue weighted by Crippen LogP contribution is 2.34. The maximum Gasteiger partial charge on any atom is 0.355 e. The van der Waals surface area contributed by atoms with Gasteiger partial charge in [-0.2, -0.15) is 0 Å². The van der Waals surface area contributed by atoms with Crippen molar-refractivity contribution in [2.24, 2.45) is 0 Å². The lowest BCUT2D eigenvalue weighted by molar-refractivity contribution is -0.145. The third-order valence-electron chi connectivity index (χ3n) is 5.84. The maximum absolute atomic E-state index is 13.1. The molecule has 1 aliphatic heterocycles. The zero-order valence-electron chi connectivity index (χ0n) is 19.3. The van der Waals surface area contributed by atoms with Crippen LogP contribution in [0.1, 0.15) is 50.9 Å². The Kier molecular flexibility index (Phi) is 8.06. The summed E-state index contributed by atoms with van der Waals surface area (Å²) in [6.45, 7) is 8.92. The van der Waals surface area contributed by atoms with Gasteiger partial charge in [0.05, 0.1) is 31.5 Å². The van der Waals surface area contributed by atoms with Gasteiger partial charge in [0.2, 0.25) is 0 Å². The van der Waals surface area contributed by atoms with Crippen LogP contribution in [0.15, 0.2) is 71.9 Å². The van der Waals surface area contributed by atoms with E-state index < -0.39 is 11.9 Å². The van der Waals surface area contributed by atoms with Gasteiger partial charge in [-0.3, -0.25) is 4.90 Å². The topological polar surface area (TPSA) is 59.1 Å². The molecule has 0 N–H and O–H groups in total. The molecular weight excluding hydrogens is 404 g/mol. The van der Waals surface area contributed by atoms with Crippen molar-refractivity contribution in [1.82, 2.24) is 9.80 Å². The second-order valence-electron chi connectivity index (χ2n) is 7.80. The van der Waals surface area contributed by atoms with E-state index in [-0.39, 0.29) is 31.0 Å². The van der Waals surface area contributed by atoms with E-state index in [2.05, 4.69) is 24.0 Å². The van der Waals surface area contributed by atoms with Crippen LogP contribution >= 0.6 is 0 Å². The van der Waals surface area contributed by atoms with Gasteiger partial charge in [-0.1, -0.05) is 60.7 Å². The molecule has 0 spiro atoms. The average Bonchev–Trinajstić information content (AvgIpc) is 2.83. The molecule has 6 nitrogen and oxygen atoms in total. The van der Waals surface area contributed by atoms with Crippen LogP contribution < -0.4 is 0 Å². The average molecular weight is 437 g/mol. The summed E-state index contributed by atoms with van der Waals surface area (Å²) in [5.74, 6) is -0.976. The van der Waals surface area contributed by atoms with Crippen LogP contribution in [0.2, 0.25) is 0 Å². The summed E-state index contributed by atoms with van der Waals surface area (Å²) in [4.78, 5) is 30.2. The lowest BCUT2D eigenvalue weighted by Gasteiger charge is -2.44. The molecule has 3 rings (SSSR count). The predicted octanol–water partition coefficient (Wildman–Crippen LogP) is 4.46. The summed E-state index contributed by atoms with van der Waals surface area (Å²) in [5, 5.41) is 0. The highest BCUT2D eigenvalue weighted by Gasteiger charge is 2.38. The first kappa shape index (κ1) is 23.5. The van der Waals surface area contributed by atoms with Crippen LogP contribution in [-0.2, 0) is 19.1 Å². The Bertz CT molecular complexity index is 943. The predicted molar refractivity (Wildman–Crippen MR) is 123 cm³/mol. The standard InChI is InChI=1S/C26H32N2O4/c1-5-31-25(29)23-17-27(19(3)21-13-9-7-10-14-21)18-28(24(23)26(30)32-6-2)20(4)22-15-11-8-12-16-22/h7-16,19-20H,5-6,17-18H2,1-4H3. The molecule has 0 saturated carbocycles. The van der Waals surface area contributed by atoms with Gasteiger partial charge in [-0.05, 0) is 38.8 Å². The van der Waals surface area contributed by atoms with Crippen LogP contribution in [0.3, 0.4) is 0 Å². The van der Waals surface area contributed by atoms with Crippen molar-refractivity contribution < 1.29 is 19.1 Å². The number of hydrogen-bond acceptors (Lipinski definition) is 6. The molecule has 2 aromatic carbocycles. The first-order chi connectivity index (χ1) is 15.5. The molecular formula is C26H32N2O4. The second kappa shape index (κ2) is 11.0. The molecule has 0 aromatic heterocycles. The molecule has 0 amide bonds. The Hall–Kier alpha value is -3.12. The smallest absolute Gasteiger partial charge is 0.355 e. The summed E-state index contributed by atoms with van der Waals surface area (Å²) in [6, 6.07) is 20.0. The minimum absolute atomic E-state index is 0.0369. The highest BCUT2D eigenvalue weighted by molar-refractivity contribution is 6.00. The number of nitrogens with zero attached hydrogens (tertiary/aromatic N) is 2. The van der Waals surface area contributed by atoms with Crippen molar-refractivity contribution in [3.05, 3.63) is 83.1 Å². The lowest BCUT2D eigenvalue weighted by Crippen LogP contribution is -2.49. The summed E-state index contributed by atoms with van der Waals surface area (Å²) < 4.78 is 10.7. The molecule has 0 radical (unpaired) electrons. The summed E-state index contributed by atoms with van der Waals surface area (Å²) in [5.41, 5.74) is 2.81. The van der Waals surface area contributed by atoms with E-state index in [1.807, 2.05) is 60.4 Å². The number of benzene rings is 2. The molecule has 2 unspecified atom stereocenters. The van der Waals surface area contributed by atoms with Gasteiger partial charge in [0.15, 0.2) is 0 Å². The summed E-state index contributed by atoms with van der Waals surface area (Å²) >= 11 is 0. The molecule has 2 atom stereocenters. The van der Waals surface area contributed by atoms with Crippen molar-refractivity contribution in [2.75, 3.05) is 26.4 Å². The number of esters is 2. The molecule has 0 fully saturated rings. The fourth-order valence-corrected chi connectivity index (χ4v) is 4.02. The third kappa shape index (κ3) is 5.19. The van der Waals surface area contributed by atoms with Gasteiger partial charge in [-0.15, -0.1) is 0 Å². The van der Waals surface area contributed by atoms with Crippen LogP contribution in [0, 0.1) is 0 Å². The maximum atomic E-state index is 13.1. The first-order valence-corrected chi connectivity index (χ1v) is 11.2. The van der Waals surface area contributed by atoms with Gasteiger partial charge in [0.1, 0.15) is 5.70 Å². The molecule has 1 aliphatic rings. The van der Waals surface area contributed by atoms with Crippen molar-refractivity contribution in [1.29, 1.82) is 0 Å². The van der Waals surface area contributed by atoms with E-state index in [0.29, 0.717) is 18.8 Å². The number of ether oxygens (including phenoxy) is 2. The number of rotatable bonds is 8. The van der Waals surface area contributed by atoms with Crippen LogP contribution in [0.25, 0.3) is 0 Å². The monoisotopic (exact) mass is 436 g/mol. The quantitative estimate of drug-likeness (QED) is 0.570. The molecule has 0 saturated heterocycles. The zero-order valence-corrected chi connectivity index (χ0v) is 19.3. The van der Waals surface area contributed by atoms with E-state index in [0.717, 1.165) is 11.1 Å². The van der Waals surface area contributed by atoms with E-state index in [1.165, 1.54) is 0 Å². The molecule has 32 heavy (non-hydrogen) atoms. The van der Waals surface area contributed by atoms with E-state index in [4.69, 9.17) is 9.47 Å². The van der Waals surface area contributed by atoms with Crippen LogP contribution in [0.5, 0.6) is 0 Å². The van der Waals surface area contributed by atoms with E-state index in [9.17, 15) is 9.59 Å². The number of carbonyl (C=O) groups is 2. The van der Waals surface area contributed by atoms with Gasteiger partial charge in [0.25, 0.3) is 0 Å². The normalized spacial score (nSPS) is 16.4. The van der Waals surface area contributed by atoms with Crippen LogP contribution in [-0.4, -0.2) is 48.2 Å². The Balaban J connectivity index is 2.08. The summed E-state index contributed by atoms with van der Waals surface area (Å²) in [6.07, 6.45) is 0. The van der Waals surface area contributed by atoms with Gasteiger partial charge >= 0.3 is 11.9 Å². The lowest BCUT2D eigenvalue weighted by atomic mass is 10.0. The number of hydrogen-bond donors (Lipinski definition) is 0. The molecule has 6 heteroatoms. The van der Waals surface area contributed by atoms with Gasteiger partial charge in [-0.25, -0.2) is 9.59 Å². The molecule has 1 heterocycles. The fraction of sp³-hybridized carbons (Fsp3) is 0.385. The van der Waals surface area contributed by atoms with E-state index >= 15 is 0 Å². The molecule has 170 valence electrons. The van der Waals surface area contributed by atoms with Gasteiger partial charge < -0.3 is 14.4 Å². The minimum Gasteiger partial charge on any atom is -0.463 e. The first-order valence-electron chi connectivity index (χ1n) is 11.2. The molecule has 2 aromatic rings. The Morgan fingerprint density at radius 2 is 1.31 bits per heavy atom. The molecule has 0 aliphatic carbocycles. The summed E-state index contributed by atoms with van der Waals surface area (Å²) in [7, 11) is 0. The van der Waals surface area contributed by atoms with Crippen molar-refractivity contribution >= 4 is 11.9 Å². The number of carbonyl (C=O) groups excluding carboxylic acids is 2. The van der Waals surface area contributed by atoms with E-state index in [1.54, 1.807) is 13.8 Å². The third-order valence-corrected chi connectivity index (χ3v) is 5.84. The van der Waals surface area contributed by atoms with Gasteiger partial charge in [0, 0.05) is 12.6 Å². The highest BCUT2D eigenvalue weighted by atomic mass is 16.5. The Morgan fingerprint density at radius 1 is 0.812 bits per heavy atom. The largest absolute Gasteiger partial charge is 0.463 e. The van der Waals surface area contributed by atoms with Crippen molar-refractivity contribution in [3.63, 3.8) is 0 Å². The Morgan fingerprint density at radius 3 is 1.84 bits per heavy atom. The van der Waals surface area contributed by atoms with Crippen molar-refractivity contribution in [2.45, 2.75) is 39.8 Å². The SMILES string of the molecule is CCOC(=O)C1=C(C(=O)OCC)N(C(C)c2ccccc2)CN(C(C)c2ccccc2)C1. The van der Waals surface area contributed by atoms with Crippen molar-refractivity contribution in [3.8, 4) is 0 Å². The Labute approximate surface area is 190 Å². The van der Waals surface area contributed by atoms with Crippen LogP contribution in [0.4, 0.5) is 0 Å². The zero-order chi connectivity index (χ0) is 23.1. The fourth-order valence-electron chi connectivity index (χ4n) is 4.02. The molecule has 0 bridgehead atoms.